The van der Waals surface area contributed by atoms with E-state index < -0.39 is 0 Å². The van der Waals surface area contributed by atoms with Crippen molar-refractivity contribution in [1.29, 1.82) is 0 Å². The van der Waals surface area contributed by atoms with E-state index in [1.165, 1.54) is 17.7 Å². The highest BCUT2D eigenvalue weighted by atomic mass is 35.5. The molecule has 1 aliphatic carbocycles. The number of nitrogens with one attached hydrogen (secondary N) is 1. The molecule has 112 valence electrons. The van der Waals surface area contributed by atoms with E-state index >= 15 is 0 Å². The van der Waals surface area contributed by atoms with Crippen molar-refractivity contribution in [1.82, 2.24) is 5.32 Å². The molecule has 0 aromatic heterocycles. The van der Waals surface area contributed by atoms with Crippen molar-refractivity contribution in [2.24, 2.45) is 17.8 Å². The molecule has 1 aromatic rings. The van der Waals surface area contributed by atoms with Gasteiger partial charge in [0.15, 0.2) is 0 Å². The van der Waals surface area contributed by atoms with E-state index in [0.29, 0.717) is 5.92 Å². The number of benzene rings is 1. The van der Waals surface area contributed by atoms with Gasteiger partial charge < -0.3 is 10.2 Å². The lowest BCUT2D eigenvalue weighted by molar-refractivity contribution is 0.552. The third-order valence-corrected chi connectivity index (χ3v) is 4.41. The molecule has 2 rings (SSSR count). The van der Waals surface area contributed by atoms with Gasteiger partial charge in [-0.25, -0.2) is 0 Å². The summed E-state index contributed by atoms with van der Waals surface area (Å²) in [5.74, 6) is 2.39. The Morgan fingerprint density at radius 1 is 1.40 bits per heavy atom. The van der Waals surface area contributed by atoms with E-state index in [1.807, 2.05) is 12.1 Å². The summed E-state index contributed by atoms with van der Waals surface area (Å²) in [7, 11) is 2.16. The Balaban J connectivity index is 2.04. The van der Waals surface area contributed by atoms with Crippen LogP contribution in [0, 0.1) is 17.8 Å². The van der Waals surface area contributed by atoms with Crippen LogP contribution in [0.3, 0.4) is 0 Å². The molecule has 1 saturated carbocycles. The topological polar surface area (TPSA) is 15.3 Å². The fourth-order valence-electron chi connectivity index (χ4n) is 2.72. The highest BCUT2D eigenvalue weighted by Crippen LogP contribution is 2.40. The zero-order valence-electron chi connectivity index (χ0n) is 13.1. The second kappa shape index (κ2) is 6.82. The first-order chi connectivity index (χ1) is 9.49. The predicted octanol–water partition coefficient (Wildman–Crippen LogP) is 4.18. The maximum Gasteiger partial charge on any atom is 0.0642 e. The lowest BCUT2D eigenvalue weighted by Gasteiger charge is -2.24. The maximum absolute atomic E-state index is 6.44. The zero-order chi connectivity index (χ0) is 14.7. The van der Waals surface area contributed by atoms with Crippen molar-refractivity contribution < 1.29 is 0 Å². The summed E-state index contributed by atoms with van der Waals surface area (Å²) in [6.45, 7) is 9.82. The fourth-order valence-corrected chi connectivity index (χ4v) is 3.06. The van der Waals surface area contributed by atoms with Crippen molar-refractivity contribution in [2.75, 3.05) is 25.0 Å². The number of hydrogen-bond donors (Lipinski definition) is 1. The molecule has 0 amide bonds. The average Bonchev–Trinajstić information content (AvgIpc) is 3.04. The van der Waals surface area contributed by atoms with Crippen molar-refractivity contribution in [3.63, 3.8) is 0 Å². The van der Waals surface area contributed by atoms with Gasteiger partial charge in [-0.15, -0.1) is 0 Å². The Hall–Kier alpha value is -0.730. The van der Waals surface area contributed by atoms with E-state index in [1.54, 1.807) is 0 Å². The van der Waals surface area contributed by atoms with Crippen LogP contribution in [-0.2, 0) is 6.54 Å². The molecule has 2 atom stereocenters. The summed E-state index contributed by atoms with van der Waals surface area (Å²) in [6, 6.07) is 6.23. The number of rotatable bonds is 7. The smallest absolute Gasteiger partial charge is 0.0642 e. The van der Waals surface area contributed by atoms with Gasteiger partial charge in [0, 0.05) is 20.1 Å². The predicted molar refractivity (Wildman–Crippen MR) is 88.5 cm³/mol. The second-order valence-electron chi connectivity index (χ2n) is 6.63. The summed E-state index contributed by atoms with van der Waals surface area (Å²) in [5, 5.41) is 4.38. The Morgan fingerprint density at radius 2 is 2.10 bits per heavy atom. The van der Waals surface area contributed by atoms with Crippen molar-refractivity contribution in [2.45, 2.75) is 33.7 Å². The highest BCUT2D eigenvalue weighted by Gasteiger charge is 2.33. The monoisotopic (exact) mass is 294 g/mol. The molecule has 0 bridgehead atoms. The van der Waals surface area contributed by atoms with Gasteiger partial charge >= 0.3 is 0 Å². The molecule has 1 N–H and O–H groups in total. The van der Waals surface area contributed by atoms with Crippen LogP contribution < -0.4 is 10.2 Å². The lowest BCUT2D eigenvalue weighted by atomic mass is 10.1. The van der Waals surface area contributed by atoms with Gasteiger partial charge in [-0.1, -0.05) is 44.5 Å². The van der Waals surface area contributed by atoms with Crippen LogP contribution in [0.5, 0.6) is 0 Å². The quantitative estimate of drug-likeness (QED) is 0.811. The van der Waals surface area contributed by atoms with Crippen LogP contribution in [0.25, 0.3) is 0 Å². The van der Waals surface area contributed by atoms with Crippen molar-refractivity contribution >= 4 is 17.3 Å². The number of nitrogens with zero attached hydrogens (tertiary/aromatic N) is 1. The third-order valence-electron chi connectivity index (χ3n) is 4.10. The van der Waals surface area contributed by atoms with E-state index in [4.69, 9.17) is 11.6 Å². The van der Waals surface area contributed by atoms with Crippen molar-refractivity contribution in [3.8, 4) is 0 Å². The van der Waals surface area contributed by atoms with Gasteiger partial charge in [-0.05, 0) is 42.3 Å². The number of hydrogen-bond acceptors (Lipinski definition) is 2. The first-order valence-electron chi connectivity index (χ1n) is 7.68. The molecule has 1 aromatic carbocycles. The van der Waals surface area contributed by atoms with Crippen LogP contribution >= 0.6 is 11.6 Å². The van der Waals surface area contributed by atoms with Crippen LogP contribution in [-0.4, -0.2) is 20.1 Å². The average molecular weight is 295 g/mol. The molecule has 0 saturated heterocycles. The van der Waals surface area contributed by atoms with Crippen LogP contribution in [0.2, 0.25) is 5.02 Å². The molecule has 0 radical (unpaired) electrons. The molecule has 1 fully saturated rings. The van der Waals surface area contributed by atoms with Gasteiger partial charge in [-0.3, -0.25) is 0 Å². The van der Waals surface area contributed by atoms with Crippen LogP contribution in [0.4, 0.5) is 5.69 Å². The van der Waals surface area contributed by atoms with Gasteiger partial charge in [0.1, 0.15) is 0 Å². The fraction of sp³-hybridized carbons (Fsp3) is 0.647. The summed E-state index contributed by atoms with van der Waals surface area (Å²) in [6.07, 6.45) is 1.36. The summed E-state index contributed by atoms with van der Waals surface area (Å²) >= 11 is 6.44. The van der Waals surface area contributed by atoms with E-state index in [-0.39, 0.29) is 0 Å². The number of para-hydroxylation sites is 1. The highest BCUT2D eigenvalue weighted by molar-refractivity contribution is 6.33. The van der Waals surface area contributed by atoms with Crippen LogP contribution in [0.15, 0.2) is 18.2 Å². The molecule has 3 heteroatoms. The summed E-state index contributed by atoms with van der Waals surface area (Å²) < 4.78 is 0. The first-order valence-corrected chi connectivity index (χ1v) is 8.06. The Labute approximate surface area is 128 Å². The van der Waals surface area contributed by atoms with Gasteiger partial charge in [-0.2, -0.15) is 0 Å². The minimum absolute atomic E-state index is 0.669. The van der Waals surface area contributed by atoms with E-state index in [0.717, 1.165) is 36.5 Å². The third kappa shape index (κ3) is 4.13. The standard InChI is InChI=1S/C17H27ClN2/c1-12(2)9-19-10-14-6-5-7-16(18)17(14)20(4)11-15-8-13(15)3/h5-7,12-13,15,19H,8-11H2,1-4H3. The molecule has 0 spiro atoms. The minimum atomic E-state index is 0.669. The molecule has 2 unspecified atom stereocenters. The molecule has 0 heterocycles. The summed E-state index contributed by atoms with van der Waals surface area (Å²) in [5.41, 5.74) is 2.50. The molecule has 1 aliphatic rings. The number of anilines is 1. The Morgan fingerprint density at radius 3 is 2.70 bits per heavy atom. The van der Waals surface area contributed by atoms with Gasteiger partial charge in [0.2, 0.25) is 0 Å². The molecule has 0 aliphatic heterocycles. The Kier molecular flexibility index (Phi) is 5.34. The van der Waals surface area contributed by atoms with Gasteiger partial charge in [0.05, 0.1) is 10.7 Å². The molecule has 20 heavy (non-hydrogen) atoms. The number of halogens is 1. The zero-order valence-corrected chi connectivity index (χ0v) is 13.9. The first kappa shape index (κ1) is 15.7. The molecular weight excluding hydrogens is 268 g/mol. The van der Waals surface area contributed by atoms with Crippen molar-refractivity contribution in [3.05, 3.63) is 28.8 Å². The summed E-state index contributed by atoms with van der Waals surface area (Å²) in [4.78, 5) is 2.34. The largest absolute Gasteiger partial charge is 0.373 e. The van der Waals surface area contributed by atoms with E-state index in [2.05, 4.69) is 44.1 Å². The second-order valence-corrected chi connectivity index (χ2v) is 7.03. The molecular formula is C17H27ClN2. The lowest BCUT2D eigenvalue weighted by Crippen LogP contribution is -2.25. The van der Waals surface area contributed by atoms with Gasteiger partial charge in [0.25, 0.3) is 0 Å². The normalized spacial score (nSPS) is 21.3. The minimum Gasteiger partial charge on any atom is -0.373 e. The Bertz CT molecular complexity index is 445. The van der Waals surface area contributed by atoms with Crippen LogP contribution in [0.1, 0.15) is 32.8 Å². The SMILES string of the molecule is CC(C)CNCc1cccc(Cl)c1N(C)CC1CC1C. The maximum atomic E-state index is 6.44. The van der Waals surface area contributed by atoms with E-state index in [9.17, 15) is 0 Å². The molecule has 2 nitrogen and oxygen atoms in total.